The second kappa shape index (κ2) is 8.61. The maximum atomic E-state index is 12.0. The summed E-state index contributed by atoms with van der Waals surface area (Å²) in [6.45, 7) is 1.30. The minimum absolute atomic E-state index is 0.0137. The minimum atomic E-state index is -0.805. The molecule has 2 aromatic rings. The van der Waals surface area contributed by atoms with Gasteiger partial charge in [-0.1, -0.05) is 24.3 Å². The van der Waals surface area contributed by atoms with Crippen molar-refractivity contribution >= 4 is 17.6 Å². The molecule has 0 heterocycles. The van der Waals surface area contributed by atoms with Crippen molar-refractivity contribution in [2.75, 3.05) is 13.7 Å². The summed E-state index contributed by atoms with van der Waals surface area (Å²) in [6, 6.07) is 11.2. The van der Waals surface area contributed by atoms with Crippen LogP contribution >= 0.6 is 0 Å². The van der Waals surface area contributed by atoms with Gasteiger partial charge in [0.1, 0.15) is 5.75 Å². The Kier molecular flexibility index (Phi) is 6.26. The van der Waals surface area contributed by atoms with Gasteiger partial charge >= 0.3 is 5.97 Å². The van der Waals surface area contributed by atoms with Crippen LogP contribution in [0.4, 0.5) is 5.69 Å². The Morgan fingerprint density at radius 3 is 2.62 bits per heavy atom. The summed E-state index contributed by atoms with van der Waals surface area (Å²) in [5, 5.41) is 13.5. The lowest BCUT2D eigenvalue weighted by Gasteiger charge is -2.10. The highest BCUT2D eigenvalue weighted by Gasteiger charge is 2.17. The molecule has 2 rings (SSSR count). The largest absolute Gasteiger partial charge is 0.496 e. The molecule has 0 bridgehead atoms. The summed E-state index contributed by atoms with van der Waals surface area (Å²) in [5.41, 5.74) is 1.05. The zero-order chi connectivity index (χ0) is 19.1. The lowest BCUT2D eigenvalue weighted by Crippen LogP contribution is -2.28. The second-order valence-electron chi connectivity index (χ2n) is 5.42. The van der Waals surface area contributed by atoms with Crippen molar-refractivity contribution in [2.24, 2.45) is 0 Å². The molecule has 0 saturated heterocycles. The van der Waals surface area contributed by atoms with Crippen molar-refractivity contribution in [2.45, 2.75) is 13.5 Å². The molecule has 0 spiro atoms. The van der Waals surface area contributed by atoms with E-state index in [9.17, 15) is 19.7 Å². The number of esters is 1. The number of amides is 1. The summed E-state index contributed by atoms with van der Waals surface area (Å²) in [7, 11) is 1.53. The third-order valence-electron chi connectivity index (χ3n) is 3.64. The molecule has 8 heteroatoms. The number of ether oxygens (including phenoxy) is 2. The van der Waals surface area contributed by atoms with Gasteiger partial charge in [0.15, 0.2) is 6.61 Å². The fourth-order valence-electron chi connectivity index (χ4n) is 2.24. The Labute approximate surface area is 149 Å². The number of nitrogens with one attached hydrogen (secondary N) is 1. The van der Waals surface area contributed by atoms with Gasteiger partial charge in [-0.2, -0.15) is 0 Å². The molecule has 0 aliphatic carbocycles. The Morgan fingerprint density at radius 1 is 1.19 bits per heavy atom. The number of methoxy groups -OCH3 is 1. The van der Waals surface area contributed by atoms with Gasteiger partial charge in [0.25, 0.3) is 11.6 Å². The first-order valence-corrected chi connectivity index (χ1v) is 7.73. The SMILES string of the molecule is COc1ccccc1CNC(=O)COC(=O)c1ccc(C)c([N+](=O)[O-])c1. The van der Waals surface area contributed by atoms with E-state index in [1.807, 2.05) is 12.1 Å². The number of hydrogen-bond donors (Lipinski definition) is 1. The third kappa shape index (κ3) is 4.79. The molecule has 0 aliphatic rings. The number of para-hydroxylation sites is 1. The average molecular weight is 358 g/mol. The summed E-state index contributed by atoms with van der Waals surface area (Å²) in [6.07, 6.45) is 0. The molecule has 0 saturated carbocycles. The Balaban J connectivity index is 1.90. The van der Waals surface area contributed by atoms with Crippen LogP contribution < -0.4 is 10.1 Å². The smallest absolute Gasteiger partial charge is 0.338 e. The van der Waals surface area contributed by atoms with Crippen LogP contribution in [0.25, 0.3) is 0 Å². The van der Waals surface area contributed by atoms with E-state index in [0.29, 0.717) is 11.3 Å². The molecule has 0 unspecified atom stereocenters. The molecular weight excluding hydrogens is 340 g/mol. The zero-order valence-corrected chi connectivity index (χ0v) is 14.4. The van der Waals surface area contributed by atoms with E-state index < -0.39 is 23.4 Å². The zero-order valence-electron chi connectivity index (χ0n) is 14.4. The summed E-state index contributed by atoms with van der Waals surface area (Å²) >= 11 is 0. The summed E-state index contributed by atoms with van der Waals surface area (Å²) < 4.78 is 10.1. The van der Waals surface area contributed by atoms with Crippen LogP contribution in [0, 0.1) is 17.0 Å². The maximum absolute atomic E-state index is 12.0. The molecule has 0 aliphatic heterocycles. The normalized spacial score (nSPS) is 10.1. The number of nitro groups is 1. The van der Waals surface area contributed by atoms with E-state index in [1.54, 1.807) is 19.1 Å². The van der Waals surface area contributed by atoms with Crippen LogP contribution in [0.3, 0.4) is 0 Å². The number of rotatable bonds is 7. The topological polar surface area (TPSA) is 108 Å². The lowest BCUT2D eigenvalue weighted by molar-refractivity contribution is -0.385. The van der Waals surface area contributed by atoms with Gasteiger partial charge in [-0.3, -0.25) is 14.9 Å². The first-order valence-electron chi connectivity index (χ1n) is 7.73. The predicted octanol–water partition coefficient (Wildman–Crippen LogP) is 2.39. The van der Waals surface area contributed by atoms with Crippen molar-refractivity contribution in [3.63, 3.8) is 0 Å². The van der Waals surface area contributed by atoms with Crippen LogP contribution in [0.2, 0.25) is 0 Å². The van der Waals surface area contributed by atoms with Crippen LogP contribution in [-0.2, 0) is 16.1 Å². The Morgan fingerprint density at radius 2 is 1.92 bits per heavy atom. The van der Waals surface area contributed by atoms with Gasteiger partial charge in [0.2, 0.25) is 0 Å². The Bertz CT molecular complexity index is 834. The molecular formula is C18H18N2O6. The minimum Gasteiger partial charge on any atom is -0.496 e. The molecule has 26 heavy (non-hydrogen) atoms. The number of nitro benzene ring substituents is 1. The first-order chi connectivity index (χ1) is 12.4. The van der Waals surface area contributed by atoms with Crippen molar-refractivity contribution < 1.29 is 24.0 Å². The van der Waals surface area contributed by atoms with Crippen molar-refractivity contribution in [1.29, 1.82) is 0 Å². The van der Waals surface area contributed by atoms with E-state index >= 15 is 0 Å². The quantitative estimate of drug-likeness (QED) is 0.462. The third-order valence-corrected chi connectivity index (χ3v) is 3.64. The van der Waals surface area contributed by atoms with Crippen LogP contribution in [0.15, 0.2) is 42.5 Å². The van der Waals surface area contributed by atoms with E-state index in [1.165, 1.54) is 19.2 Å². The van der Waals surface area contributed by atoms with Crippen molar-refractivity contribution in [1.82, 2.24) is 5.32 Å². The molecule has 2 aromatic carbocycles. The van der Waals surface area contributed by atoms with Gasteiger partial charge in [-0.25, -0.2) is 4.79 Å². The Hall–Kier alpha value is -3.42. The fourth-order valence-corrected chi connectivity index (χ4v) is 2.24. The molecule has 0 atom stereocenters. The van der Waals surface area contributed by atoms with Gasteiger partial charge in [-0.15, -0.1) is 0 Å². The van der Waals surface area contributed by atoms with Gasteiger partial charge in [-0.05, 0) is 19.1 Å². The number of benzene rings is 2. The molecule has 0 fully saturated rings. The summed E-state index contributed by atoms with van der Waals surface area (Å²) in [5.74, 6) is -0.664. The number of nitrogens with zero attached hydrogens (tertiary/aromatic N) is 1. The number of aryl methyl sites for hydroxylation is 1. The number of hydrogen-bond acceptors (Lipinski definition) is 6. The van der Waals surface area contributed by atoms with E-state index in [4.69, 9.17) is 9.47 Å². The van der Waals surface area contributed by atoms with E-state index in [-0.39, 0.29) is 17.8 Å². The highest BCUT2D eigenvalue weighted by molar-refractivity contribution is 5.92. The van der Waals surface area contributed by atoms with Crippen molar-refractivity contribution in [3.8, 4) is 5.75 Å². The van der Waals surface area contributed by atoms with Crippen LogP contribution in [0.5, 0.6) is 5.75 Å². The van der Waals surface area contributed by atoms with Crippen LogP contribution in [-0.4, -0.2) is 30.5 Å². The monoisotopic (exact) mass is 358 g/mol. The molecule has 0 aromatic heterocycles. The van der Waals surface area contributed by atoms with Crippen LogP contribution in [0.1, 0.15) is 21.5 Å². The number of carbonyl (C=O) groups is 2. The van der Waals surface area contributed by atoms with E-state index in [2.05, 4.69) is 5.32 Å². The number of carbonyl (C=O) groups excluding carboxylic acids is 2. The fraction of sp³-hybridized carbons (Fsp3) is 0.222. The average Bonchev–Trinajstić information content (AvgIpc) is 2.64. The molecule has 0 radical (unpaired) electrons. The lowest BCUT2D eigenvalue weighted by atomic mass is 10.1. The van der Waals surface area contributed by atoms with Crippen molar-refractivity contribution in [3.05, 3.63) is 69.3 Å². The molecule has 8 nitrogen and oxygen atoms in total. The summed E-state index contributed by atoms with van der Waals surface area (Å²) in [4.78, 5) is 34.1. The standard InChI is InChI=1S/C18H18N2O6/c1-12-7-8-13(9-15(12)20(23)24)18(22)26-11-17(21)19-10-14-5-3-4-6-16(14)25-2/h3-9H,10-11H2,1-2H3,(H,19,21). The highest BCUT2D eigenvalue weighted by Crippen LogP contribution is 2.20. The second-order valence-corrected chi connectivity index (χ2v) is 5.42. The van der Waals surface area contributed by atoms with Gasteiger partial charge < -0.3 is 14.8 Å². The van der Waals surface area contributed by atoms with Gasteiger partial charge in [0.05, 0.1) is 17.6 Å². The predicted molar refractivity (Wildman–Crippen MR) is 93.0 cm³/mol. The van der Waals surface area contributed by atoms with E-state index in [0.717, 1.165) is 11.6 Å². The first kappa shape index (κ1) is 18.9. The highest BCUT2D eigenvalue weighted by atomic mass is 16.6. The molecule has 1 N–H and O–H groups in total. The molecule has 1 amide bonds. The van der Waals surface area contributed by atoms with Gasteiger partial charge in [0, 0.05) is 23.7 Å². The molecule has 136 valence electrons. The maximum Gasteiger partial charge on any atom is 0.338 e.